The molecule has 0 aliphatic heterocycles. The summed E-state index contributed by atoms with van der Waals surface area (Å²) in [5, 5.41) is 0.430. The van der Waals surface area contributed by atoms with Gasteiger partial charge in [-0.15, -0.1) is 0 Å². The van der Waals surface area contributed by atoms with Crippen LogP contribution in [0.15, 0.2) is 47.4 Å². The molecule has 0 saturated carbocycles. The van der Waals surface area contributed by atoms with Crippen LogP contribution < -0.4 is 4.74 Å². The van der Waals surface area contributed by atoms with E-state index in [-0.39, 0.29) is 28.0 Å². The van der Waals surface area contributed by atoms with Crippen molar-refractivity contribution in [3.8, 4) is 5.75 Å². The zero-order valence-electron chi connectivity index (χ0n) is 13.8. The van der Waals surface area contributed by atoms with E-state index in [1.54, 1.807) is 24.1 Å². The van der Waals surface area contributed by atoms with Crippen molar-refractivity contribution < 1.29 is 21.9 Å². The molecule has 0 heterocycles. The normalized spacial score (nSPS) is 12.0. The van der Waals surface area contributed by atoms with Gasteiger partial charge < -0.3 is 9.64 Å². The third-order valence-corrected chi connectivity index (χ3v) is 5.98. The van der Waals surface area contributed by atoms with Crippen molar-refractivity contribution in [1.82, 2.24) is 4.90 Å². The first-order chi connectivity index (χ1) is 12.2. The fraction of sp³-hybridized carbons (Fsp3) is 0.294. The molecule has 0 aliphatic rings. The first-order valence-electron chi connectivity index (χ1n) is 7.57. The molecule has 0 saturated heterocycles. The number of sulfone groups is 1. The van der Waals surface area contributed by atoms with Crippen LogP contribution in [0.3, 0.4) is 0 Å². The number of hydrogen-bond donors (Lipinski definition) is 0. The minimum atomic E-state index is -3.58. The van der Waals surface area contributed by atoms with Crippen molar-refractivity contribution in [2.75, 3.05) is 19.3 Å². The van der Waals surface area contributed by atoms with Gasteiger partial charge in [-0.2, -0.15) is 8.78 Å². The maximum absolute atomic E-state index is 12.5. The van der Waals surface area contributed by atoms with Crippen LogP contribution in [-0.4, -0.2) is 39.3 Å². The van der Waals surface area contributed by atoms with E-state index in [4.69, 9.17) is 23.2 Å². The summed E-state index contributed by atoms with van der Waals surface area (Å²) in [5.41, 5.74) is 0.840. The number of nitrogens with zero attached hydrogens (tertiary/aromatic N) is 1. The van der Waals surface area contributed by atoms with Crippen molar-refractivity contribution in [1.29, 1.82) is 0 Å². The van der Waals surface area contributed by atoms with Gasteiger partial charge in [0, 0.05) is 18.1 Å². The largest absolute Gasteiger partial charge is 0.435 e. The standard InChI is InChI=1S/C17H17Cl2F2NO3S/c1-22(11-12-2-5-14(6-3-12)25-17(20)21)8-9-26(23,24)16-10-13(18)4-7-15(16)19/h2-7,10,17H,8-9,11H2,1H3. The number of alkyl halides is 2. The molecular formula is C17H17Cl2F2NO3S. The minimum Gasteiger partial charge on any atom is -0.435 e. The zero-order chi connectivity index (χ0) is 19.3. The van der Waals surface area contributed by atoms with Gasteiger partial charge in [0.1, 0.15) is 5.75 Å². The fourth-order valence-electron chi connectivity index (χ4n) is 2.27. The second-order valence-electron chi connectivity index (χ2n) is 5.65. The molecule has 0 radical (unpaired) electrons. The predicted octanol–water partition coefficient (Wildman–Crippen LogP) is 4.50. The average molecular weight is 424 g/mol. The lowest BCUT2D eigenvalue weighted by Gasteiger charge is -2.17. The van der Waals surface area contributed by atoms with Crippen LogP contribution >= 0.6 is 23.2 Å². The molecule has 2 aromatic carbocycles. The summed E-state index contributed by atoms with van der Waals surface area (Å²) >= 11 is 11.8. The molecule has 0 bridgehead atoms. The molecule has 0 atom stereocenters. The third-order valence-electron chi connectivity index (χ3n) is 3.57. The van der Waals surface area contributed by atoms with Gasteiger partial charge in [-0.25, -0.2) is 8.42 Å². The molecular weight excluding hydrogens is 407 g/mol. The van der Waals surface area contributed by atoms with E-state index in [1.165, 1.54) is 30.3 Å². The van der Waals surface area contributed by atoms with E-state index in [9.17, 15) is 17.2 Å². The van der Waals surface area contributed by atoms with Gasteiger partial charge in [0.05, 0.1) is 15.7 Å². The highest BCUT2D eigenvalue weighted by Gasteiger charge is 2.19. The number of halogens is 4. The van der Waals surface area contributed by atoms with Gasteiger partial charge in [0.2, 0.25) is 0 Å². The van der Waals surface area contributed by atoms with Gasteiger partial charge in [-0.05, 0) is 42.9 Å². The number of benzene rings is 2. The summed E-state index contributed by atoms with van der Waals surface area (Å²) in [5.74, 6) is -0.0551. The minimum absolute atomic E-state index is 0.00793. The van der Waals surface area contributed by atoms with Crippen molar-refractivity contribution in [3.05, 3.63) is 58.1 Å². The van der Waals surface area contributed by atoms with Crippen LogP contribution in [0, 0.1) is 0 Å². The molecule has 0 aromatic heterocycles. The first-order valence-corrected chi connectivity index (χ1v) is 9.98. The molecule has 9 heteroatoms. The van der Waals surface area contributed by atoms with Crippen molar-refractivity contribution in [3.63, 3.8) is 0 Å². The van der Waals surface area contributed by atoms with E-state index in [2.05, 4.69) is 4.74 Å². The average Bonchev–Trinajstić information content (AvgIpc) is 2.56. The number of rotatable bonds is 8. The smallest absolute Gasteiger partial charge is 0.387 e. The summed E-state index contributed by atoms with van der Waals surface area (Å²) in [6, 6.07) is 10.5. The highest BCUT2D eigenvalue weighted by molar-refractivity contribution is 7.91. The van der Waals surface area contributed by atoms with Gasteiger partial charge >= 0.3 is 6.61 Å². The van der Waals surface area contributed by atoms with Crippen LogP contribution in [0.2, 0.25) is 10.0 Å². The molecule has 0 amide bonds. The van der Waals surface area contributed by atoms with E-state index < -0.39 is 16.4 Å². The SMILES string of the molecule is CN(CCS(=O)(=O)c1cc(Cl)ccc1Cl)Cc1ccc(OC(F)F)cc1. The topological polar surface area (TPSA) is 46.6 Å². The second-order valence-corrected chi connectivity index (χ2v) is 8.58. The summed E-state index contributed by atoms with van der Waals surface area (Å²) in [7, 11) is -1.82. The Bertz CT molecular complexity index is 846. The van der Waals surface area contributed by atoms with Gasteiger partial charge in [0.25, 0.3) is 0 Å². The summed E-state index contributed by atoms with van der Waals surface area (Å²) in [6.45, 7) is -2.15. The predicted molar refractivity (Wildman–Crippen MR) is 97.9 cm³/mol. The molecule has 0 N–H and O–H groups in total. The highest BCUT2D eigenvalue weighted by atomic mass is 35.5. The summed E-state index contributed by atoms with van der Waals surface area (Å²) in [4.78, 5) is 1.81. The monoisotopic (exact) mass is 423 g/mol. The second kappa shape index (κ2) is 8.99. The zero-order valence-corrected chi connectivity index (χ0v) is 16.2. The van der Waals surface area contributed by atoms with Crippen LogP contribution in [-0.2, 0) is 16.4 Å². The summed E-state index contributed by atoms with van der Waals surface area (Å²) < 4.78 is 53.5. The number of ether oxygens (including phenoxy) is 1. The Morgan fingerprint density at radius 2 is 1.77 bits per heavy atom. The molecule has 4 nitrogen and oxygen atoms in total. The molecule has 26 heavy (non-hydrogen) atoms. The van der Waals surface area contributed by atoms with Crippen LogP contribution in [0.5, 0.6) is 5.75 Å². The molecule has 2 rings (SSSR count). The van der Waals surface area contributed by atoms with Crippen molar-refractivity contribution in [2.24, 2.45) is 0 Å². The third kappa shape index (κ3) is 6.09. The van der Waals surface area contributed by atoms with Crippen molar-refractivity contribution >= 4 is 33.0 Å². The molecule has 142 valence electrons. The molecule has 0 spiro atoms. The van der Waals surface area contributed by atoms with E-state index in [0.717, 1.165) is 5.56 Å². The quantitative estimate of drug-likeness (QED) is 0.626. The Balaban J connectivity index is 1.95. The van der Waals surface area contributed by atoms with Gasteiger partial charge in [-0.1, -0.05) is 35.3 Å². The van der Waals surface area contributed by atoms with E-state index in [0.29, 0.717) is 11.6 Å². The molecule has 0 fully saturated rings. The molecule has 0 aliphatic carbocycles. The maximum Gasteiger partial charge on any atom is 0.387 e. The lowest BCUT2D eigenvalue weighted by Crippen LogP contribution is -2.25. The molecule has 0 unspecified atom stereocenters. The van der Waals surface area contributed by atoms with Crippen molar-refractivity contribution in [2.45, 2.75) is 18.1 Å². The summed E-state index contributed by atoms with van der Waals surface area (Å²) in [6.07, 6.45) is 0. The Hall–Kier alpha value is -1.41. The number of hydrogen-bond acceptors (Lipinski definition) is 4. The van der Waals surface area contributed by atoms with E-state index in [1.807, 2.05) is 0 Å². The fourth-order valence-corrected chi connectivity index (χ4v) is 4.42. The maximum atomic E-state index is 12.5. The van der Waals surface area contributed by atoms with Gasteiger partial charge in [0.15, 0.2) is 9.84 Å². The Labute approximate surface area is 161 Å². The van der Waals surface area contributed by atoms with Crippen LogP contribution in [0.25, 0.3) is 0 Å². The first kappa shape index (κ1) is 20.9. The van der Waals surface area contributed by atoms with Gasteiger partial charge in [-0.3, -0.25) is 0 Å². The highest BCUT2D eigenvalue weighted by Crippen LogP contribution is 2.26. The van der Waals surface area contributed by atoms with Crippen LogP contribution in [0.1, 0.15) is 5.56 Å². The lowest BCUT2D eigenvalue weighted by atomic mass is 10.2. The van der Waals surface area contributed by atoms with Crippen LogP contribution in [0.4, 0.5) is 8.78 Å². The molecule has 2 aromatic rings. The van der Waals surface area contributed by atoms with E-state index >= 15 is 0 Å². The Kier molecular flexibility index (Phi) is 7.23. The Morgan fingerprint density at radius 3 is 2.38 bits per heavy atom. The lowest BCUT2D eigenvalue weighted by molar-refractivity contribution is -0.0498. The Morgan fingerprint density at radius 1 is 1.12 bits per heavy atom.